The van der Waals surface area contributed by atoms with Crippen molar-refractivity contribution in [1.29, 1.82) is 0 Å². The van der Waals surface area contributed by atoms with Crippen LogP contribution in [0.2, 0.25) is 0 Å². The summed E-state index contributed by atoms with van der Waals surface area (Å²) in [7, 11) is 1.46. The molecule has 1 aromatic carbocycles. The lowest BCUT2D eigenvalue weighted by molar-refractivity contribution is -0.146. The van der Waals surface area contributed by atoms with Crippen LogP contribution >= 0.6 is 0 Å². The van der Waals surface area contributed by atoms with Gasteiger partial charge in [-0.15, -0.1) is 0 Å². The van der Waals surface area contributed by atoms with Gasteiger partial charge in [0.25, 0.3) is 0 Å². The molecule has 110 valence electrons. The molecule has 2 aromatic rings. The fraction of sp³-hybridized carbons (Fsp3) is 0.412. The molecule has 0 radical (unpaired) electrons. The van der Waals surface area contributed by atoms with Crippen molar-refractivity contribution < 1.29 is 9.53 Å². The number of carbonyl (C=O) groups is 1. The van der Waals surface area contributed by atoms with Crippen molar-refractivity contribution in [3.05, 3.63) is 36.4 Å². The Balaban J connectivity index is 1.63. The number of aromatic nitrogens is 1. The Morgan fingerprint density at radius 2 is 1.90 bits per heavy atom. The van der Waals surface area contributed by atoms with Crippen molar-refractivity contribution >= 4 is 22.7 Å². The lowest BCUT2D eigenvalue weighted by atomic mass is 9.86. The number of esters is 1. The van der Waals surface area contributed by atoms with Gasteiger partial charge in [-0.05, 0) is 43.9 Å². The first-order valence-corrected chi connectivity index (χ1v) is 7.46. The molecule has 4 nitrogen and oxygen atoms in total. The van der Waals surface area contributed by atoms with E-state index in [0.29, 0.717) is 6.04 Å². The molecule has 1 aliphatic carbocycles. The molecule has 1 saturated carbocycles. The summed E-state index contributed by atoms with van der Waals surface area (Å²) in [6.07, 6.45) is 3.73. The third kappa shape index (κ3) is 3.15. The molecule has 0 amide bonds. The van der Waals surface area contributed by atoms with Crippen LogP contribution in [0.5, 0.6) is 0 Å². The molecule has 21 heavy (non-hydrogen) atoms. The first-order chi connectivity index (χ1) is 10.3. The number of carbonyl (C=O) groups excluding carboxylic acids is 1. The maximum atomic E-state index is 11.5. The molecule has 0 atom stereocenters. The van der Waals surface area contributed by atoms with Crippen molar-refractivity contribution in [3.63, 3.8) is 0 Å². The van der Waals surface area contributed by atoms with E-state index in [0.717, 1.165) is 42.4 Å². The van der Waals surface area contributed by atoms with Crippen molar-refractivity contribution in [2.45, 2.75) is 31.7 Å². The zero-order valence-electron chi connectivity index (χ0n) is 12.2. The van der Waals surface area contributed by atoms with E-state index in [4.69, 9.17) is 4.74 Å². The highest BCUT2D eigenvalue weighted by Crippen LogP contribution is 2.27. The van der Waals surface area contributed by atoms with Crippen molar-refractivity contribution in [3.8, 4) is 0 Å². The van der Waals surface area contributed by atoms with Crippen LogP contribution in [-0.2, 0) is 9.53 Å². The molecule has 0 saturated heterocycles. The molecule has 0 bridgehead atoms. The van der Waals surface area contributed by atoms with Crippen LogP contribution in [0.15, 0.2) is 36.4 Å². The summed E-state index contributed by atoms with van der Waals surface area (Å²) in [4.78, 5) is 16.2. The molecular formula is C17H20N2O2. The number of nitrogens with one attached hydrogen (secondary N) is 1. The van der Waals surface area contributed by atoms with Gasteiger partial charge in [-0.2, -0.15) is 0 Å². The molecule has 1 aromatic heterocycles. The molecule has 1 aliphatic rings. The summed E-state index contributed by atoms with van der Waals surface area (Å²) in [5.41, 5.74) is 1.01. The quantitative estimate of drug-likeness (QED) is 0.878. The molecule has 1 N–H and O–H groups in total. The Bertz CT molecular complexity index is 633. The molecular weight excluding hydrogens is 264 g/mol. The monoisotopic (exact) mass is 284 g/mol. The number of benzene rings is 1. The van der Waals surface area contributed by atoms with Crippen LogP contribution in [0.1, 0.15) is 25.7 Å². The van der Waals surface area contributed by atoms with Crippen LogP contribution in [0.4, 0.5) is 5.82 Å². The van der Waals surface area contributed by atoms with Gasteiger partial charge in [0.2, 0.25) is 0 Å². The number of hydrogen-bond donors (Lipinski definition) is 1. The zero-order valence-corrected chi connectivity index (χ0v) is 12.2. The van der Waals surface area contributed by atoms with Gasteiger partial charge in [-0.1, -0.05) is 18.2 Å². The maximum Gasteiger partial charge on any atom is 0.308 e. The number of para-hydroxylation sites is 1. The zero-order chi connectivity index (χ0) is 14.7. The summed E-state index contributed by atoms with van der Waals surface area (Å²) in [5.74, 6) is 0.908. The summed E-state index contributed by atoms with van der Waals surface area (Å²) < 4.78 is 4.82. The first-order valence-electron chi connectivity index (χ1n) is 7.46. The molecule has 0 unspecified atom stereocenters. The number of anilines is 1. The smallest absolute Gasteiger partial charge is 0.308 e. The molecule has 4 heteroatoms. The average Bonchev–Trinajstić information content (AvgIpc) is 2.55. The molecule has 1 heterocycles. The Hall–Kier alpha value is -2.10. The number of pyridine rings is 1. The number of methoxy groups -OCH3 is 1. The van der Waals surface area contributed by atoms with E-state index in [-0.39, 0.29) is 11.9 Å². The second-order valence-electron chi connectivity index (χ2n) is 5.61. The van der Waals surface area contributed by atoms with E-state index in [1.807, 2.05) is 24.3 Å². The summed E-state index contributed by atoms with van der Waals surface area (Å²) in [6.45, 7) is 0. The third-order valence-electron chi connectivity index (χ3n) is 4.21. The van der Waals surface area contributed by atoms with Crippen molar-refractivity contribution in [2.75, 3.05) is 12.4 Å². The standard InChI is InChI=1S/C17H20N2O2/c1-21-17(20)13-6-9-14(10-7-13)18-16-11-8-12-4-2-3-5-15(12)19-16/h2-5,8,11,13-14H,6-7,9-10H2,1H3,(H,18,19). The van der Waals surface area contributed by atoms with Gasteiger partial charge in [0.1, 0.15) is 5.82 Å². The van der Waals surface area contributed by atoms with Gasteiger partial charge < -0.3 is 10.1 Å². The fourth-order valence-corrected chi connectivity index (χ4v) is 3.00. The SMILES string of the molecule is COC(=O)C1CCC(Nc2ccc3ccccc3n2)CC1. The van der Waals surface area contributed by atoms with Crippen LogP contribution in [0.25, 0.3) is 10.9 Å². The number of nitrogens with zero attached hydrogens (tertiary/aromatic N) is 1. The van der Waals surface area contributed by atoms with Gasteiger partial charge in [-0.3, -0.25) is 4.79 Å². The van der Waals surface area contributed by atoms with Gasteiger partial charge in [-0.25, -0.2) is 4.98 Å². The highest BCUT2D eigenvalue weighted by atomic mass is 16.5. The first kappa shape index (κ1) is 13.9. The number of fused-ring (bicyclic) bond motifs is 1. The number of ether oxygens (including phenoxy) is 1. The van der Waals surface area contributed by atoms with Crippen LogP contribution in [0, 0.1) is 5.92 Å². The van der Waals surface area contributed by atoms with E-state index < -0.39 is 0 Å². The average molecular weight is 284 g/mol. The Morgan fingerprint density at radius 1 is 1.14 bits per heavy atom. The number of rotatable bonds is 3. The van der Waals surface area contributed by atoms with Crippen LogP contribution in [0.3, 0.4) is 0 Å². The van der Waals surface area contributed by atoms with Gasteiger partial charge in [0.05, 0.1) is 18.5 Å². The lowest BCUT2D eigenvalue weighted by Gasteiger charge is -2.28. The van der Waals surface area contributed by atoms with Gasteiger partial charge in [0, 0.05) is 11.4 Å². The van der Waals surface area contributed by atoms with E-state index in [1.54, 1.807) is 0 Å². The minimum atomic E-state index is -0.0720. The lowest BCUT2D eigenvalue weighted by Crippen LogP contribution is -2.30. The van der Waals surface area contributed by atoms with E-state index in [2.05, 4.69) is 22.4 Å². The summed E-state index contributed by atoms with van der Waals surface area (Å²) >= 11 is 0. The summed E-state index contributed by atoms with van der Waals surface area (Å²) in [6, 6.07) is 12.6. The second-order valence-corrected chi connectivity index (χ2v) is 5.61. The maximum absolute atomic E-state index is 11.5. The Morgan fingerprint density at radius 3 is 2.67 bits per heavy atom. The predicted octanol–water partition coefficient (Wildman–Crippen LogP) is 3.38. The highest BCUT2D eigenvalue weighted by molar-refractivity contribution is 5.80. The van der Waals surface area contributed by atoms with Crippen LogP contribution < -0.4 is 5.32 Å². The Kier molecular flexibility index (Phi) is 4.04. The minimum Gasteiger partial charge on any atom is -0.469 e. The van der Waals surface area contributed by atoms with E-state index in [1.165, 1.54) is 7.11 Å². The van der Waals surface area contributed by atoms with Crippen molar-refractivity contribution in [2.24, 2.45) is 5.92 Å². The van der Waals surface area contributed by atoms with Gasteiger partial charge in [0.15, 0.2) is 0 Å². The largest absolute Gasteiger partial charge is 0.469 e. The predicted molar refractivity (Wildman–Crippen MR) is 83.1 cm³/mol. The molecule has 0 aliphatic heterocycles. The van der Waals surface area contributed by atoms with Gasteiger partial charge >= 0.3 is 5.97 Å². The van der Waals surface area contributed by atoms with E-state index >= 15 is 0 Å². The van der Waals surface area contributed by atoms with Crippen LogP contribution in [-0.4, -0.2) is 24.1 Å². The minimum absolute atomic E-state index is 0.0672. The summed E-state index contributed by atoms with van der Waals surface area (Å²) in [5, 5.41) is 4.64. The second kappa shape index (κ2) is 6.12. The highest BCUT2D eigenvalue weighted by Gasteiger charge is 2.26. The third-order valence-corrected chi connectivity index (χ3v) is 4.21. The number of hydrogen-bond acceptors (Lipinski definition) is 4. The molecule has 1 fully saturated rings. The normalized spacial score (nSPS) is 22.0. The van der Waals surface area contributed by atoms with E-state index in [9.17, 15) is 4.79 Å². The molecule has 3 rings (SSSR count). The van der Waals surface area contributed by atoms with Crippen molar-refractivity contribution in [1.82, 2.24) is 4.98 Å². The molecule has 0 spiro atoms. The fourth-order valence-electron chi connectivity index (χ4n) is 3.00. The Labute approximate surface area is 124 Å². The topological polar surface area (TPSA) is 51.2 Å².